The van der Waals surface area contributed by atoms with E-state index in [0.717, 1.165) is 0 Å². The molecule has 2 heterocycles. The number of hydrogen-bond donors (Lipinski definition) is 1. The van der Waals surface area contributed by atoms with Gasteiger partial charge in [0, 0.05) is 12.3 Å². The standard InChI is InChI=1S/C23H46N2O6Si3/c1-21(2,3)32-28-14-15-17(30-33-22(4,5)6)18(31-34(10,11)23(7,8)9)19(29-15)25-13-12-16(26)24-20(25)27/h12-13,15,17-19H,14,32-33H2,1-11H3,(H,24,26,27)/t15-,17?,18?,19-/m0/s1. The predicted molar refractivity (Wildman–Crippen MR) is 145 cm³/mol. The smallest absolute Gasteiger partial charge is 0.330 e. The average Bonchev–Trinajstić information content (AvgIpc) is 2.94. The molecule has 8 nitrogen and oxygen atoms in total. The highest BCUT2D eigenvalue weighted by atomic mass is 28.4. The van der Waals surface area contributed by atoms with Gasteiger partial charge in [-0.1, -0.05) is 62.3 Å². The zero-order valence-corrected chi connectivity index (χ0v) is 26.8. The maximum absolute atomic E-state index is 12.7. The van der Waals surface area contributed by atoms with Crippen LogP contribution in [0.15, 0.2) is 21.9 Å². The first-order valence-corrected chi connectivity index (χ1v) is 17.6. The lowest BCUT2D eigenvalue weighted by Gasteiger charge is -2.41. The van der Waals surface area contributed by atoms with Crippen molar-refractivity contribution in [2.45, 2.75) is 115 Å². The topological polar surface area (TPSA) is 91.8 Å². The lowest BCUT2D eigenvalue weighted by atomic mass is 10.1. The fourth-order valence-electron chi connectivity index (χ4n) is 3.37. The van der Waals surface area contributed by atoms with Crippen molar-refractivity contribution in [2.75, 3.05) is 6.61 Å². The van der Waals surface area contributed by atoms with Crippen LogP contribution >= 0.6 is 0 Å². The molecule has 0 aliphatic carbocycles. The molecule has 1 aromatic rings. The van der Waals surface area contributed by atoms with Crippen LogP contribution in [0.5, 0.6) is 0 Å². The van der Waals surface area contributed by atoms with E-state index in [0.29, 0.717) is 6.61 Å². The van der Waals surface area contributed by atoms with Crippen molar-refractivity contribution in [3.8, 4) is 0 Å². The second-order valence-electron chi connectivity index (χ2n) is 13.3. The molecule has 0 aromatic carbocycles. The van der Waals surface area contributed by atoms with E-state index in [1.165, 1.54) is 16.8 Å². The minimum absolute atomic E-state index is 0.0345. The third-order valence-corrected chi connectivity index (χ3v) is 13.4. The van der Waals surface area contributed by atoms with Crippen LogP contribution in [0.25, 0.3) is 0 Å². The Bertz CT molecular complexity index is 927. The molecular weight excluding hydrogens is 485 g/mol. The van der Waals surface area contributed by atoms with Gasteiger partial charge in [0.15, 0.2) is 34.1 Å². The number of aromatic nitrogens is 2. The number of rotatable bonds is 8. The zero-order chi connectivity index (χ0) is 26.1. The van der Waals surface area contributed by atoms with Crippen LogP contribution in [0.2, 0.25) is 28.2 Å². The summed E-state index contributed by atoms with van der Waals surface area (Å²) >= 11 is 0. The Balaban J connectivity index is 2.48. The van der Waals surface area contributed by atoms with Crippen LogP contribution in [-0.2, 0) is 18.0 Å². The van der Waals surface area contributed by atoms with E-state index < -0.39 is 51.4 Å². The number of nitrogens with zero attached hydrogens (tertiary/aromatic N) is 1. The fraction of sp³-hybridized carbons (Fsp3) is 0.826. The molecule has 0 amide bonds. The molecule has 34 heavy (non-hydrogen) atoms. The van der Waals surface area contributed by atoms with Gasteiger partial charge in [-0.15, -0.1) is 0 Å². The van der Waals surface area contributed by atoms with Crippen molar-refractivity contribution >= 4 is 27.8 Å². The van der Waals surface area contributed by atoms with Gasteiger partial charge in [-0.2, -0.15) is 0 Å². The first-order valence-electron chi connectivity index (χ1n) is 12.1. The van der Waals surface area contributed by atoms with E-state index in [2.05, 4.69) is 80.4 Å². The van der Waals surface area contributed by atoms with Crippen LogP contribution in [0.1, 0.15) is 68.5 Å². The van der Waals surface area contributed by atoms with Gasteiger partial charge in [0.05, 0.1) is 6.61 Å². The van der Waals surface area contributed by atoms with Crippen LogP contribution in [0.4, 0.5) is 0 Å². The van der Waals surface area contributed by atoms with Crippen molar-refractivity contribution in [1.82, 2.24) is 9.55 Å². The van der Waals surface area contributed by atoms with Gasteiger partial charge < -0.3 is 18.0 Å². The maximum atomic E-state index is 12.7. The molecule has 4 atom stereocenters. The third kappa shape index (κ3) is 8.10. The Kier molecular flexibility index (Phi) is 9.21. The SMILES string of the molecule is CC(C)(C)[SiH2]OC[C@@H]1O[C@H](n2ccc(=O)[nH]c2=O)C(O[Si](C)(C)C(C)(C)C)C1O[SiH2]C(C)(C)C. The summed E-state index contributed by atoms with van der Waals surface area (Å²) < 4.78 is 27.6. The van der Waals surface area contributed by atoms with E-state index in [9.17, 15) is 9.59 Å². The van der Waals surface area contributed by atoms with Crippen LogP contribution in [0, 0.1) is 0 Å². The molecule has 1 aliphatic rings. The summed E-state index contributed by atoms with van der Waals surface area (Å²) in [6.07, 6.45) is -0.410. The van der Waals surface area contributed by atoms with Crippen molar-refractivity contribution < 1.29 is 18.0 Å². The van der Waals surface area contributed by atoms with Crippen molar-refractivity contribution in [3.63, 3.8) is 0 Å². The Labute approximate surface area is 210 Å². The molecule has 1 aromatic heterocycles. The molecule has 0 radical (unpaired) electrons. The molecule has 1 fully saturated rings. The van der Waals surface area contributed by atoms with E-state index in [1.807, 2.05) is 0 Å². The summed E-state index contributed by atoms with van der Waals surface area (Å²) in [6.45, 7) is 24.4. The summed E-state index contributed by atoms with van der Waals surface area (Å²) in [7, 11) is -3.96. The van der Waals surface area contributed by atoms with Crippen molar-refractivity contribution in [1.29, 1.82) is 0 Å². The van der Waals surface area contributed by atoms with Gasteiger partial charge >= 0.3 is 5.69 Å². The van der Waals surface area contributed by atoms with E-state index in [1.54, 1.807) is 0 Å². The summed E-state index contributed by atoms with van der Waals surface area (Å²) in [5.41, 5.74) is -0.955. The van der Waals surface area contributed by atoms with Gasteiger partial charge in [0.25, 0.3) is 5.56 Å². The highest BCUT2D eigenvalue weighted by Crippen LogP contribution is 2.42. The normalized spacial score (nSPS) is 25.3. The molecule has 0 saturated carbocycles. The lowest BCUT2D eigenvalue weighted by molar-refractivity contribution is -0.0492. The molecule has 11 heteroatoms. The Hall–Kier alpha value is -0.829. The second kappa shape index (κ2) is 10.7. The molecule has 0 spiro atoms. The highest BCUT2D eigenvalue weighted by Gasteiger charge is 2.51. The van der Waals surface area contributed by atoms with Crippen LogP contribution < -0.4 is 11.2 Å². The summed E-state index contributed by atoms with van der Waals surface area (Å²) in [4.78, 5) is 26.8. The summed E-state index contributed by atoms with van der Waals surface area (Å²) in [6, 6.07) is 1.34. The minimum Gasteiger partial charge on any atom is -0.421 e. The van der Waals surface area contributed by atoms with Gasteiger partial charge in [-0.3, -0.25) is 14.3 Å². The Morgan fingerprint density at radius 2 is 1.59 bits per heavy atom. The Morgan fingerprint density at radius 1 is 1.00 bits per heavy atom. The third-order valence-electron chi connectivity index (χ3n) is 6.17. The molecule has 1 saturated heterocycles. The lowest BCUT2D eigenvalue weighted by Crippen LogP contribution is -2.51. The first kappa shape index (κ1) is 29.4. The van der Waals surface area contributed by atoms with Crippen LogP contribution in [0.3, 0.4) is 0 Å². The maximum Gasteiger partial charge on any atom is 0.330 e. The van der Waals surface area contributed by atoms with Gasteiger partial charge in [0.2, 0.25) is 0 Å². The molecule has 2 rings (SSSR count). The van der Waals surface area contributed by atoms with E-state index in [-0.39, 0.29) is 27.3 Å². The molecule has 196 valence electrons. The van der Waals surface area contributed by atoms with Gasteiger partial charge in [0.1, 0.15) is 18.3 Å². The summed E-state index contributed by atoms with van der Waals surface area (Å²) in [5, 5.41) is 0.203. The molecule has 2 unspecified atom stereocenters. The molecule has 0 bridgehead atoms. The Morgan fingerprint density at radius 3 is 2.09 bits per heavy atom. The number of H-pyrrole nitrogens is 1. The quantitative estimate of drug-likeness (QED) is 0.520. The number of hydrogen-bond acceptors (Lipinski definition) is 6. The van der Waals surface area contributed by atoms with E-state index >= 15 is 0 Å². The molecule has 1 N–H and O–H groups in total. The monoisotopic (exact) mass is 530 g/mol. The second-order valence-corrected chi connectivity index (χ2v) is 23.7. The average molecular weight is 531 g/mol. The van der Waals surface area contributed by atoms with Crippen molar-refractivity contribution in [2.24, 2.45) is 0 Å². The van der Waals surface area contributed by atoms with Crippen LogP contribution in [-0.4, -0.2) is 62.3 Å². The summed E-state index contributed by atoms with van der Waals surface area (Å²) in [5.74, 6) is 0. The highest BCUT2D eigenvalue weighted by molar-refractivity contribution is 6.74. The number of aromatic amines is 1. The number of nitrogens with one attached hydrogen (secondary N) is 1. The first-order chi connectivity index (χ1) is 15.3. The van der Waals surface area contributed by atoms with E-state index in [4.69, 9.17) is 18.0 Å². The zero-order valence-electron chi connectivity index (χ0n) is 23.0. The minimum atomic E-state index is -2.24. The number of ether oxygens (including phenoxy) is 1. The fourth-order valence-corrected chi connectivity index (χ4v) is 6.71. The molecule has 1 aliphatic heterocycles. The van der Waals surface area contributed by atoms with Crippen molar-refractivity contribution in [3.05, 3.63) is 33.1 Å². The van der Waals surface area contributed by atoms with Gasteiger partial charge in [-0.25, -0.2) is 4.79 Å². The van der Waals surface area contributed by atoms with Gasteiger partial charge in [-0.05, 0) is 28.2 Å². The largest absolute Gasteiger partial charge is 0.421 e. The molecular formula is C23H46N2O6Si3. The predicted octanol–water partition coefficient (Wildman–Crippen LogP) is 2.83.